The first-order valence-corrected chi connectivity index (χ1v) is 17.8. The van der Waals surface area contributed by atoms with Crippen LogP contribution in [0.25, 0.3) is 0 Å². The lowest BCUT2D eigenvalue weighted by atomic mass is 9.83. The first-order chi connectivity index (χ1) is 25.7. The lowest BCUT2D eigenvalue weighted by molar-refractivity contribution is -0.434. The number of aliphatic hydroxyl groups excluding tert-OH is 10. The molecule has 4 heterocycles. The summed E-state index contributed by atoms with van der Waals surface area (Å²) in [5.74, 6) is -10.2. The number of carboxylic acid groups (broad SMARTS) is 1. The van der Waals surface area contributed by atoms with Gasteiger partial charge in [0.1, 0.15) is 73.2 Å². The van der Waals surface area contributed by atoms with Gasteiger partial charge in [0, 0.05) is 19.3 Å². The number of aliphatic hydroxyl groups is 11. The Kier molecular flexibility index (Phi) is 15.4. The van der Waals surface area contributed by atoms with Gasteiger partial charge in [0.2, 0.25) is 11.7 Å². The van der Waals surface area contributed by atoms with Crippen molar-refractivity contribution < 1.29 is 109 Å². The van der Waals surface area contributed by atoms with Crippen LogP contribution in [0.15, 0.2) is 0 Å². The summed E-state index contributed by atoms with van der Waals surface area (Å²) in [7, 11) is 0. The van der Waals surface area contributed by atoms with Crippen LogP contribution in [-0.2, 0) is 47.5 Å². The fourth-order valence-corrected chi connectivity index (χ4v) is 6.99. The molecule has 0 aromatic carbocycles. The average Bonchev–Trinajstić information content (AvgIpc) is 3.12. The second kappa shape index (κ2) is 18.4. The van der Waals surface area contributed by atoms with Gasteiger partial charge in [-0.3, -0.25) is 4.79 Å². The van der Waals surface area contributed by atoms with Gasteiger partial charge in [-0.05, 0) is 20.8 Å². The highest BCUT2D eigenvalue weighted by atomic mass is 16.8. The van der Waals surface area contributed by atoms with Crippen LogP contribution >= 0.6 is 0 Å². The number of hydrogen-bond acceptors (Lipinski definition) is 21. The molecular weight excluding hydrogens is 750 g/mol. The largest absolute Gasteiger partial charge is 0.477 e. The molecule has 20 atom stereocenters. The van der Waals surface area contributed by atoms with Gasteiger partial charge < -0.3 is 104 Å². The highest BCUT2D eigenvalue weighted by molar-refractivity contribution is 5.76. The van der Waals surface area contributed by atoms with E-state index in [-0.39, 0.29) is 0 Å². The van der Waals surface area contributed by atoms with Gasteiger partial charge in [-0.25, -0.2) is 4.79 Å². The topological polar surface area (TPSA) is 363 Å². The first-order valence-electron chi connectivity index (χ1n) is 17.8. The van der Waals surface area contributed by atoms with E-state index >= 15 is 0 Å². The quantitative estimate of drug-likeness (QED) is 0.0776. The number of carboxylic acids is 1. The van der Waals surface area contributed by atoms with Gasteiger partial charge in [0.15, 0.2) is 18.9 Å². The Balaban J connectivity index is 1.74. The summed E-state index contributed by atoms with van der Waals surface area (Å²) < 4.78 is 46.3. The van der Waals surface area contributed by atoms with Gasteiger partial charge in [-0.2, -0.15) is 0 Å². The van der Waals surface area contributed by atoms with E-state index in [1.54, 1.807) is 13.8 Å². The highest BCUT2D eigenvalue weighted by Gasteiger charge is 2.63. The molecule has 55 heavy (non-hydrogen) atoms. The molecule has 0 spiro atoms. The van der Waals surface area contributed by atoms with Gasteiger partial charge in [-0.15, -0.1) is 0 Å². The van der Waals surface area contributed by atoms with Gasteiger partial charge in [0.05, 0.1) is 38.1 Å². The SMILES string of the molecule is CC(=O)NC1[C@H](OC(C)C)OC(CO)[C@@H](O[C@@H]2O[C@@H](CO)[C@H](O)C(O[C@]3(C(=O)O)C[C@@H](O)[C@@H](C)[C@@](O)([C@H](O)CO)O3)C2O)[C@@H]1O[C@@H]1OC(C)[C@@H](O)[C@H](O)C1O. The van der Waals surface area contributed by atoms with Crippen LogP contribution in [0.5, 0.6) is 0 Å². The Morgan fingerprint density at radius 3 is 1.93 bits per heavy atom. The molecule has 0 aliphatic carbocycles. The molecule has 0 aromatic heterocycles. The highest BCUT2D eigenvalue weighted by Crippen LogP contribution is 2.44. The molecule has 320 valence electrons. The fraction of sp³-hybridized carbons (Fsp3) is 0.938. The molecule has 0 saturated carbocycles. The minimum atomic E-state index is -3.13. The Bertz CT molecular complexity index is 1280. The van der Waals surface area contributed by atoms with Crippen molar-refractivity contribution in [2.75, 3.05) is 19.8 Å². The smallest absolute Gasteiger partial charge is 0.364 e. The van der Waals surface area contributed by atoms with Crippen LogP contribution < -0.4 is 5.32 Å². The molecule has 4 aliphatic rings. The van der Waals surface area contributed by atoms with Gasteiger partial charge in [0.25, 0.3) is 5.79 Å². The summed E-state index contributed by atoms with van der Waals surface area (Å²) >= 11 is 0. The number of aliphatic carboxylic acids is 1. The molecule has 0 bridgehead atoms. The molecule has 4 rings (SSSR count). The molecule has 6 unspecified atom stereocenters. The average molecular weight is 806 g/mol. The molecule has 4 aliphatic heterocycles. The lowest BCUT2D eigenvalue weighted by Gasteiger charge is -2.53. The number of carbonyl (C=O) groups is 2. The van der Waals surface area contributed by atoms with E-state index in [4.69, 9.17) is 37.9 Å². The standard InChI is InChI=1S/C32H55NO22/c1-10(2)48-27-18(33-13(5)37)25(53-28-22(43)21(42)19(40)12(4)49-28)24(16(8-35)51-27)52-29-23(44)26(20(41)15(7-34)50-29)54-31(30(45)46)6-14(38)11(3)32(47,55-31)17(39)9-36/h10-12,14-29,34-36,38-44,47H,6-9H2,1-5H3,(H,33,37)(H,45,46)/t11-,12?,14-,15+,16?,17-,18?,19-,20+,21+,22?,23?,24-,25-,26?,27-,28+,29+,31-,32+/m1/s1. The Hall–Kier alpha value is -1.82. The summed E-state index contributed by atoms with van der Waals surface area (Å²) in [6.07, 6.45) is -30.0. The summed E-state index contributed by atoms with van der Waals surface area (Å²) in [4.78, 5) is 25.2. The van der Waals surface area contributed by atoms with E-state index in [0.29, 0.717) is 0 Å². The number of rotatable bonds is 14. The number of nitrogens with one attached hydrogen (secondary N) is 1. The maximum Gasteiger partial charge on any atom is 0.364 e. The van der Waals surface area contributed by atoms with Crippen molar-refractivity contribution in [3.8, 4) is 0 Å². The van der Waals surface area contributed by atoms with E-state index in [1.165, 1.54) is 13.8 Å². The molecule has 1 amide bonds. The van der Waals surface area contributed by atoms with E-state index in [0.717, 1.165) is 6.92 Å². The third-order valence-corrected chi connectivity index (χ3v) is 10.2. The minimum Gasteiger partial charge on any atom is -0.477 e. The third-order valence-electron chi connectivity index (χ3n) is 10.2. The van der Waals surface area contributed by atoms with Crippen molar-refractivity contribution in [3.05, 3.63) is 0 Å². The van der Waals surface area contributed by atoms with Crippen LogP contribution in [0.4, 0.5) is 0 Å². The van der Waals surface area contributed by atoms with E-state index in [1.807, 2.05) is 0 Å². The Labute approximate surface area is 314 Å². The molecule has 23 heteroatoms. The zero-order valence-electron chi connectivity index (χ0n) is 30.7. The minimum absolute atomic E-state index is 0.554. The summed E-state index contributed by atoms with van der Waals surface area (Å²) in [5.41, 5.74) is 0. The molecule has 4 saturated heterocycles. The monoisotopic (exact) mass is 805 g/mol. The van der Waals surface area contributed by atoms with Crippen LogP contribution in [0, 0.1) is 5.92 Å². The Morgan fingerprint density at radius 2 is 1.38 bits per heavy atom. The summed E-state index contributed by atoms with van der Waals surface area (Å²) in [5, 5.41) is 130. The normalized spacial score (nSPS) is 47.3. The van der Waals surface area contributed by atoms with Crippen molar-refractivity contribution in [1.29, 1.82) is 0 Å². The van der Waals surface area contributed by atoms with E-state index in [9.17, 15) is 70.9 Å². The summed E-state index contributed by atoms with van der Waals surface area (Å²) in [6, 6.07) is -1.38. The van der Waals surface area contributed by atoms with Crippen molar-refractivity contribution in [1.82, 2.24) is 5.32 Å². The fourth-order valence-electron chi connectivity index (χ4n) is 6.99. The zero-order chi connectivity index (χ0) is 41.3. The number of carbonyl (C=O) groups excluding carboxylic acids is 1. The lowest BCUT2D eigenvalue weighted by Crippen LogP contribution is -2.71. The maximum absolute atomic E-state index is 12.7. The van der Waals surface area contributed by atoms with Gasteiger partial charge >= 0.3 is 5.97 Å². The predicted molar refractivity (Wildman–Crippen MR) is 174 cm³/mol. The van der Waals surface area contributed by atoms with Crippen molar-refractivity contribution in [3.63, 3.8) is 0 Å². The van der Waals surface area contributed by atoms with Crippen molar-refractivity contribution in [2.45, 2.75) is 163 Å². The molecule has 0 aromatic rings. The second-order valence-corrected chi connectivity index (χ2v) is 14.5. The molecule has 13 N–H and O–H groups in total. The number of hydrogen-bond donors (Lipinski definition) is 13. The van der Waals surface area contributed by atoms with Crippen molar-refractivity contribution in [2.24, 2.45) is 5.92 Å². The van der Waals surface area contributed by atoms with E-state index in [2.05, 4.69) is 5.32 Å². The molecule has 0 radical (unpaired) electrons. The summed E-state index contributed by atoms with van der Waals surface area (Å²) in [6.45, 7) is 3.93. The van der Waals surface area contributed by atoms with Crippen molar-refractivity contribution >= 4 is 11.9 Å². The molecular formula is C32H55NO22. The molecule has 4 fully saturated rings. The predicted octanol–water partition coefficient (Wildman–Crippen LogP) is -6.70. The van der Waals surface area contributed by atoms with E-state index < -0.39 is 166 Å². The van der Waals surface area contributed by atoms with Crippen LogP contribution in [-0.4, -0.2) is 215 Å². The van der Waals surface area contributed by atoms with Crippen LogP contribution in [0.3, 0.4) is 0 Å². The van der Waals surface area contributed by atoms with Gasteiger partial charge in [-0.1, -0.05) is 6.92 Å². The Morgan fingerprint density at radius 1 is 0.800 bits per heavy atom. The third kappa shape index (κ3) is 9.41. The first kappa shape index (κ1) is 45.9. The van der Waals surface area contributed by atoms with Crippen LogP contribution in [0.2, 0.25) is 0 Å². The number of ether oxygens (including phenoxy) is 8. The number of amides is 1. The maximum atomic E-state index is 12.7. The van der Waals surface area contributed by atoms with Crippen LogP contribution in [0.1, 0.15) is 41.0 Å². The zero-order valence-corrected chi connectivity index (χ0v) is 30.7. The molecule has 23 nitrogen and oxygen atoms in total. The second-order valence-electron chi connectivity index (χ2n) is 14.5.